The lowest BCUT2D eigenvalue weighted by Crippen LogP contribution is -2.13. The summed E-state index contributed by atoms with van der Waals surface area (Å²) in [5.74, 6) is 1.00. The van der Waals surface area contributed by atoms with Gasteiger partial charge in [0.25, 0.3) is 5.91 Å². The molecule has 106 valence electrons. The van der Waals surface area contributed by atoms with Crippen molar-refractivity contribution in [1.29, 1.82) is 0 Å². The molecule has 6 nitrogen and oxygen atoms in total. The number of aromatic amines is 1. The molecule has 0 radical (unpaired) electrons. The Morgan fingerprint density at radius 3 is 2.20 bits per heavy atom. The molecule has 0 unspecified atom stereocenters. The molecule has 1 aromatic heterocycles. The van der Waals surface area contributed by atoms with Crippen LogP contribution in [0.5, 0.6) is 11.5 Å². The Morgan fingerprint density at radius 1 is 1.15 bits per heavy atom. The van der Waals surface area contributed by atoms with Crippen molar-refractivity contribution in [2.24, 2.45) is 0 Å². The summed E-state index contributed by atoms with van der Waals surface area (Å²) in [5, 5.41) is 9.62. The van der Waals surface area contributed by atoms with Gasteiger partial charge in [0.2, 0.25) is 0 Å². The number of carbonyl (C=O) groups is 1. The summed E-state index contributed by atoms with van der Waals surface area (Å²) < 4.78 is 10.3. The van der Waals surface area contributed by atoms with Crippen LogP contribution in [-0.2, 0) is 0 Å². The van der Waals surface area contributed by atoms with Crippen LogP contribution >= 0.6 is 0 Å². The summed E-state index contributed by atoms with van der Waals surface area (Å²) in [4.78, 5) is 12.3. The van der Waals surface area contributed by atoms with Gasteiger partial charge >= 0.3 is 0 Å². The fourth-order valence-corrected chi connectivity index (χ4v) is 1.96. The highest BCUT2D eigenvalue weighted by Gasteiger charge is 2.16. The number of aromatic nitrogens is 2. The van der Waals surface area contributed by atoms with Gasteiger partial charge in [0, 0.05) is 29.6 Å². The van der Waals surface area contributed by atoms with E-state index in [2.05, 4.69) is 15.5 Å². The van der Waals surface area contributed by atoms with Gasteiger partial charge in [0.05, 0.1) is 25.5 Å². The molecule has 2 N–H and O–H groups in total. The number of ether oxygens (including phenoxy) is 2. The normalized spacial score (nSPS) is 10.2. The highest BCUT2D eigenvalue weighted by Crippen LogP contribution is 2.26. The monoisotopic (exact) mass is 275 g/mol. The zero-order valence-corrected chi connectivity index (χ0v) is 11.9. The predicted molar refractivity (Wildman–Crippen MR) is 75.6 cm³/mol. The first-order valence-corrected chi connectivity index (χ1v) is 6.11. The maximum absolute atomic E-state index is 12.3. The molecule has 2 rings (SSSR count). The van der Waals surface area contributed by atoms with Crippen LogP contribution in [0.1, 0.15) is 21.7 Å². The van der Waals surface area contributed by atoms with E-state index in [1.807, 2.05) is 0 Å². The first-order valence-electron chi connectivity index (χ1n) is 6.11. The van der Waals surface area contributed by atoms with Crippen LogP contribution in [-0.4, -0.2) is 30.3 Å². The number of anilines is 1. The van der Waals surface area contributed by atoms with Gasteiger partial charge in [-0.15, -0.1) is 0 Å². The molecule has 0 atom stereocenters. The third kappa shape index (κ3) is 2.74. The number of aryl methyl sites for hydroxylation is 2. The first-order chi connectivity index (χ1) is 9.55. The van der Waals surface area contributed by atoms with E-state index in [0.29, 0.717) is 28.4 Å². The molecule has 0 bridgehead atoms. The lowest BCUT2D eigenvalue weighted by atomic mass is 10.2. The summed E-state index contributed by atoms with van der Waals surface area (Å²) in [5.41, 5.74) is 2.54. The minimum Gasteiger partial charge on any atom is -0.497 e. The number of H-pyrrole nitrogens is 1. The number of benzene rings is 1. The van der Waals surface area contributed by atoms with Crippen molar-refractivity contribution in [3.8, 4) is 11.5 Å². The Morgan fingerprint density at radius 2 is 1.75 bits per heavy atom. The average molecular weight is 275 g/mol. The topological polar surface area (TPSA) is 76.2 Å². The van der Waals surface area contributed by atoms with Gasteiger partial charge in [-0.3, -0.25) is 9.89 Å². The number of hydrogen-bond donors (Lipinski definition) is 2. The zero-order chi connectivity index (χ0) is 14.7. The maximum Gasteiger partial charge on any atom is 0.259 e. The molecule has 0 fully saturated rings. The summed E-state index contributed by atoms with van der Waals surface area (Å²) >= 11 is 0. The number of carbonyl (C=O) groups excluding carboxylic acids is 1. The number of rotatable bonds is 4. The van der Waals surface area contributed by atoms with Crippen LogP contribution < -0.4 is 14.8 Å². The zero-order valence-electron chi connectivity index (χ0n) is 11.9. The van der Waals surface area contributed by atoms with Crippen molar-refractivity contribution >= 4 is 11.6 Å². The molecule has 0 saturated heterocycles. The van der Waals surface area contributed by atoms with Gasteiger partial charge in [-0.1, -0.05) is 0 Å². The molecule has 1 amide bonds. The Hall–Kier alpha value is -2.50. The van der Waals surface area contributed by atoms with Gasteiger partial charge < -0.3 is 14.8 Å². The van der Waals surface area contributed by atoms with Gasteiger partial charge in [-0.25, -0.2) is 0 Å². The van der Waals surface area contributed by atoms with E-state index in [1.54, 1.807) is 46.3 Å². The largest absolute Gasteiger partial charge is 0.497 e. The maximum atomic E-state index is 12.3. The molecule has 2 aromatic rings. The van der Waals surface area contributed by atoms with E-state index in [1.165, 1.54) is 0 Å². The van der Waals surface area contributed by atoms with Crippen molar-refractivity contribution in [1.82, 2.24) is 10.2 Å². The Kier molecular flexibility index (Phi) is 3.93. The van der Waals surface area contributed by atoms with Crippen LogP contribution in [0.3, 0.4) is 0 Å². The highest BCUT2D eigenvalue weighted by molar-refractivity contribution is 6.06. The van der Waals surface area contributed by atoms with Gasteiger partial charge in [0.1, 0.15) is 11.5 Å². The molecule has 1 heterocycles. The number of amides is 1. The summed E-state index contributed by atoms with van der Waals surface area (Å²) in [6.07, 6.45) is 0. The predicted octanol–water partition coefficient (Wildman–Crippen LogP) is 2.30. The van der Waals surface area contributed by atoms with Crippen LogP contribution in [0.4, 0.5) is 5.69 Å². The lowest BCUT2D eigenvalue weighted by Gasteiger charge is -2.10. The molecule has 0 aliphatic carbocycles. The molecule has 1 aromatic carbocycles. The lowest BCUT2D eigenvalue weighted by molar-refractivity contribution is 0.102. The average Bonchev–Trinajstić information content (AvgIpc) is 2.77. The second kappa shape index (κ2) is 5.64. The standard InChI is InChI=1S/C14H17N3O3/c1-8-13(9(2)17-16-8)14(18)15-10-5-11(19-3)7-12(6-10)20-4/h5-7H,1-4H3,(H,15,18)(H,16,17). The third-order valence-electron chi connectivity index (χ3n) is 2.96. The molecular formula is C14H17N3O3. The van der Waals surface area contributed by atoms with E-state index in [9.17, 15) is 4.79 Å². The van der Waals surface area contributed by atoms with E-state index in [4.69, 9.17) is 9.47 Å². The van der Waals surface area contributed by atoms with Gasteiger partial charge in [0.15, 0.2) is 0 Å². The molecule has 20 heavy (non-hydrogen) atoms. The highest BCUT2D eigenvalue weighted by atomic mass is 16.5. The second-order valence-corrected chi connectivity index (χ2v) is 4.36. The molecule has 0 aliphatic rings. The van der Waals surface area contributed by atoms with Crippen LogP contribution in [0, 0.1) is 13.8 Å². The fraction of sp³-hybridized carbons (Fsp3) is 0.286. The number of methoxy groups -OCH3 is 2. The Labute approximate surface area is 117 Å². The Bertz CT molecular complexity index is 593. The van der Waals surface area contributed by atoms with Crippen molar-refractivity contribution in [3.63, 3.8) is 0 Å². The number of nitrogens with zero attached hydrogens (tertiary/aromatic N) is 1. The smallest absolute Gasteiger partial charge is 0.259 e. The first kappa shape index (κ1) is 13.9. The molecular weight excluding hydrogens is 258 g/mol. The van der Waals surface area contributed by atoms with Crippen LogP contribution in [0.2, 0.25) is 0 Å². The molecule has 0 spiro atoms. The van der Waals surface area contributed by atoms with E-state index in [-0.39, 0.29) is 5.91 Å². The molecule has 0 aliphatic heterocycles. The summed E-state index contributed by atoms with van der Waals surface area (Å²) in [6, 6.07) is 5.19. The van der Waals surface area contributed by atoms with Crippen LogP contribution in [0.15, 0.2) is 18.2 Å². The van der Waals surface area contributed by atoms with Crippen LogP contribution in [0.25, 0.3) is 0 Å². The molecule has 0 saturated carbocycles. The quantitative estimate of drug-likeness (QED) is 0.897. The second-order valence-electron chi connectivity index (χ2n) is 4.36. The van der Waals surface area contributed by atoms with Crippen molar-refractivity contribution in [2.75, 3.05) is 19.5 Å². The van der Waals surface area contributed by atoms with Crippen molar-refractivity contribution < 1.29 is 14.3 Å². The third-order valence-corrected chi connectivity index (χ3v) is 2.96. The number of hydrogen-bond acceptors (Lipinski definition) is 4. The number of nitrogens with one attached hydrogen (secondary N) is 2. The van der Waals surface area contributed by atoms with E-state index < -0.39 is 0 Å². The fourth-order valence-electron chi connectivity index (χ4n) is 1.96. The van der Waals surface area contributed by atoms with E-state index >= 15 is 0 Å². The SMILES string of the molecule is COc1cc(NC(=O)c2c(C)n[nH]c2C)cc(OC)c1. The minimum atomic E-state index is -0.218. The van der Waals surface area contributed by atoms with Crippen molar-refractivity contribution in [3.05, 3.63) is 35.2 Å². The summed E-state index contributed by atoms with van der Waals surface area (Å²) in [6.45, 7) is 3.59. The van der Waals surface area contributed by atoms with Crippen molar-refractivity contribution in [2.45, 2.75) is 13.8 Å². The summed E-state index contributed by atoms with van der Waals surface area (Å²) in [7, 11) is 3.12. The minimum absolute atomic E-state index is 0.218. The van der Waals surface area contributed by atoms with E-state index in [0.717, 1.165) is 5.69 Å². The van der Waals surface area contributed by atoms with Gasteiger partial charge in [-0.05, 0) is 13.8 Å². The Balaban J connectivity index is 2.28. The molecule has 6 heteroatoms. The van der Waals surface area contributed by atoms with Gasteiger partial charge in [-0.2, -0.15) is 5.10 Å².